The van der Waals surface area contributed by atoms with Crippen LogP contribution >= 0.6 is 23.2 Å². The maximum absolute atomic E-state index is 11.5. The zero-order valence-electron chi connectivity index (χ0n) is 10.6. The van der Waals surface area contributed by atoms with Gasteiger partial charge in [-0.3, -0.25) is 4.79 Å². The lowest BCUT2D eigenvalue weighted by Crippen LogP contribution is -2.31. The molecule has 0 aliphatic rings. The fourth-order valence-corrected chi connectivity index (χ4v) is 1.75. The molecular weight excluding hydrogens is 271 g/mol. The Morgan fingerprint density at radius 1 is 1.33 bits per heavy atom. The van der Waals surface area contributed by atoms with Gasteiger partial charge in [-0.15, -0.1) is 0 Å². The molecule has 1 amide bonds. The molecule has 0 saturated carbocycles. The van der Waals surface area contributed by atoms with Crippen LogP contribution in [0.5, 0.6) is 0 Å². The summed E-state index contributed by atoms with van der Waals surface area (Å²) in [5, 5.41) is 6.72. The largest absolute Gasteiger partial charge is 0.375 e. The predicted octanol–water partition coefficient (Wildman–Crippen LogP) is 3.57. The molecule has 0 aliphatic heterocycles. The van der Waals surface area contributed by atoms with Crippen molar-refractivity contribution in [1.29, 1.82) is 0 Å². The summed E-state index contributed by atoms with van der Waals surface area (Å²) in [6.45, 7) is 5.13. The molecule has 0 fully saturated rings. The van der Waals surface area contributed by atoms with E-state index in [1.807, 2.05) is 0 Å². The van der Waals surface area contributed by atoms with Crippen molar-refractivity contribution in [2.75, 3.05) is 18.4 Å². The third-order valence-electron chi connectivity index (χ3n) is 2.43. The van der Waals surface area contributed by atoms with Gasteiger partial charge in [0.1, 0.15) is 0 Å². The number of carbonyl (C=O) groups is 1. The standard InChI is InChI=1S/C13H18Cl2N2O/c1-9(2)6-7-16-12(18)8-17-11-5-3-4-10(14)13(11)15/h3-5,9,17H,6-8H2,1-2H3,(H,16,18). The monoisotopic (exact) mass is 288 g/mol. The highest BCUT2D eigenvalue weighted by Gasteiger charge is 2.06. The van der Waals surface area contributed by atoms with Crippen LogP contribution in [0.1, 0.15) is 20.3 Å². The third kappa shape index (κ3) is 5.15. The zero-order valence-corrected chi connectivity index (χ0v) is 12.1. The summed E-state index contributed by atoms with van der Waals surface area (Å²) < 4.78 is 0. The Hall–Kier alpha value is -0.930. The van der Waals surface area contributed by atoms with Crippen LogP contribution in [-0.4, -0.2) is 19.0 Å². The van der Waals surface area contributed by atoms with Crippen molar-refractivity contribution in [1.82, 2.24) is 5.32 Å². The van der Waals surface area contributed by atoms with E-state index in [1.54, 1.807) is 18.2 Å². The summed E-state index contributed by atoms with van der Waals surface area (Å²) in [5.74, 6) is 0.535. The van der Waals surface area contributed by atoms with Gasteiger partial charge in [-0.1, -0.05) is 43.1 Å². The van der Waals surface area contributed by atoms with Crippen LogP contribution in [0.25, 0.3) is 0 Å². The fourth-order valence-electron chi connectivity index (χ4n) is 1.38. The Morgan fingerprint density at radius 2 is 2.06 bits per heavy atom. The molecule has 1 aromatic carbocycles. The highest BCUT2D eigenvalue weighted by Crippen LogP contribution is 2.29. The van der Waals surface area contributed by atoms with Crippen LogP contribution in [0.4, 0.5) is 5.69 Å². The second-order valence-electron chi connectivity index (χ2n) is 4.49. The predicted molar refractivity (Wildman–Crippen MR) is 77.4 cm³/mol. The van der Waals surface area contributed by atoms with Crippen LogP contribution in [0.15, 0.2) is 18.2 Å². The summed E-state index contributed by atoms with van der Waals surface area (Å²) in [6.07, 6.45) is 0.976. The van der Waals surface area contributed by atoms with Gasteiger partial charge >= 0.3 is 0 Å². The molecule has 5 heteroatoms. The van der Waals surface area contributed by atoms with Crippen LogP contribution in [-0.2, 0) is 4.79 Å². The van der Waals surface area contributed by atoms with Crippen LogP contribution < -0.4 is 10.6 Å². The van der Waals surface area contributed by atoms with Crippen LogP contribution in [0.3, 0.4) is 0 Å². The first-order valence-electron chi connectivity index (χ1n) is 5.95. The molecule has 0 unspecified atom stereocenters. The molecule has 1 rings (SSSR count). The molecule has 0 spiro atoms. The van der Waals surface area contributed by atoms with E-state index in [0.29, 0.717) is 28.2 Å². The number of hydrogen-bond acceptors (Lipinski definition) is 2. The first-order chi connectivity index (χ1) is 8.50. The Kier molecular flexibility index (Phi) is 6.30. The Labute approximate surface area is 118 Å². The summed E-state index contributed by atoms with van der Waals surface area (Å²) in [7, 11) is 0. The van der Waals surface area contributed by atoms with Crippen molar-refractivity contribution in [2.45, 2.75) is 20.3 Å². The zero-order chi connectivity index (χ0) is 13.5. The maximum atomic E-state index is 11.5. The lowest BCUT2D eigenvalue weighted by Gasteiger charge is -2.10. The molecule has 0 atom stereocenters. The SMILES string of the molecule is CC(C)CCNC(=O)CNc1cccc(Cl)c1Cl. The van der Waals surface area contributed by atoms with Crippen molar-refractivity contribution in [3.63, 3.8) is 0 Å². The summed E-state index contributed by atoms with van der Waals surface area (Å²) >= 11 is 11.9. The average molecular weight is 289 g/mol. The van der Waals surface area contributed by atoms with E-state index in [0.717, 1.165) is 6.42 Å². The molecule has 0 heterocycles. The van der Waals surface area contributed by atoms with Gasteiger partial charge in [0.15, 0.2) is 0 Å². The Bertz CT molecular complexity index is 408. The van der Waals surface area contributed by atoms with E-state index in [9.17, 15) is 4.79 Å². The van der Waals surface area contributed by atoms with Gasteiger partial charge in [0.25, 0.3) is 0 Å². The number of benzene rings is 1. The van der Waals surface area contributed by atoms with Crippen LogP contribution in [0, 0.1) is 5.92 Å². The number of nitrogens with one attached hydrogen (secondary N) is 2. The normalized spacial score (nSPS) is 10.5. The van der Waals surface area contributed by atoms with Crippen molar-refractivity contribution in [2.24, 2.45) is 5.92 Å². The van der Waals surface area contributed by atoms with Gasteiger partial charge in [-0.25, -0.2) is 0 Å². The summed E-state index contributed by atoms with van der Waals surface area (Å²) in [4.78, 5) is 11.5. The smallest absolute Gasteiger partial charge is 0.239 e. The number of hydrogen-bond donors (Lipinski definition) is 2. The second kappa shape index (κ2) is 7.49. The molecule has 0 radical (unpaired) electrons. The lowest BCUT2D eigenvalue weighted by atomic mass is 10.1. The van der Waals surface area contributed by atoms with E-state index < -0.39 is 0 Å². The minimum atomic E-state index is -0.0494. The number of halogens is 2. The van der Waals surface area contributed by atoms with Gasteiger partial charge in [0.2, 0.25) is 5.91 Å². The van der Waals surface area contributed by atoms with Gasteiger partial charge in [0.05, 0.1) is 22.3 Å². The van der Waals surface area contributed by atoms with E-state index in [-0.39, 0.29) is 12.5 Å². The van der Waals surface area contributed by atoms with Crippen molar-refractivity contribution in [3.8, 4) is 0 Å². The van der Waals surface area contributed by atoms with E-state index >= 15 is 0 Å². The van der Waals surface area contributed by atoms with Crippen molar-refractivity contribution >= 4 is 34.8 Å². The van der Waals surface area contributed by atoms with Crippen LogP contribution in [0.2, 0.25) is 10.0 Å². The molecule has 0 bridgehead atoms. The van der Waals surface area contributed by atoms with Gasteiger partial charge in [-0.05, 0) is 24.5 Å². The first-order valence-corrected chi connectivity index (χ1v) is 6.71. The summed E-state index contributed by atoms with van der Waals surface area (Å²) in [5.41, 5.74) is 0.670. The van der Waals surface area contributed by atoms with Crippen molar-refractivity contribution in [3.05, 3.63) is 28.2 Å². The highest BCUT2D eigenvalue weighted by atomic mass is 35.5. The maximum Gasteiger partial charge on any atom is 0.239 e. The van der Waals surface area contributed by atoms with Crippen molar-refractivity contribution < 1.29 is 4.79 Å². The lowest BCUT2D eigenvalue weighted by molar-refractivity contribution is -0.119. The minimum Gasteiger partial charge on any atom is -0.375 e. The van der Waals surface area contributed by atoms with E-state index in [2.05, 4.69) is 24.5 Å². The molecule has 0 aliphatic carbocycles. The van der Waals surface area contributed by atoms with E-state index in [4.69, 9.17) is 23.2 Å². The number of carbonyl (C=O) groups excluding carboxylic acids is 1. The van der Waals surface area contributed by atoms with Gasteiger partial charge in [0, 0.05) is 6.54 Å². The fraction of sp³-hybridized carbons (Fsp3) is 0.462. The number of rotatable bonds is 6. The Balaban J connectivity index is 2.36. The molecule has 100 valence electrons. The quantitative estimate of drug-likeness (QED) is 0.840. The molecular formula is C13H18Cl2N2O. The Morgan fingerprint density at radius 3 is 2.72 bits per heavy atom. The summed E-state index contributed by atoms with van der Waals surface area (Å²) in [6, 6.07) is 5.28. The topological polar surface area (TPSA) is 41.1 Å². The van der Waals surface area contributed by atoms with E-state index in [1.165, 1.54) is 0 Å². The number of anilines is 1. The minimum absolute atomic E-state index is 0.0494. The molecule has 18 heavy (non-hydrogen) atoms. The molecule has 0 saturated heterocycles. The second-order valence-corrected chi connectivity index (χ2v) is 5.27. The number of amides is 1. The average Bonchev–Trinajstić information content (AvgIpc) is 2.30. The molecule has 0 aromatic heterocycles. The van der Waals surface area contributed by atoms with Gasteiger partial charge < -0.3 is 10.6 Å². The molecule has 1 aromatic rings. The molecule has 3 nitrogen and oxygen atoms in total. The van der Waals surface area contributed by atoms with Gasteiger partial charge in [-0.2, -0.15) is 0 Å². The molecule has 2 N–H and O–H groups in total. The highest BCUT2D eigenvalue weighted by molar-refractivity contribution is 6.43. The third-order valence-corrected chi connectivity index (χ3v) is 3.25. The first kappa shape index (κ1) is 15.1.